The van der Waals surface area contributed by atoms with Gasteiger partial charge < -0.3 is 19.9 Å². The van der Waals surface area contributed by atoms with Gasteiger partial charge in [-0.25, -0.2) is 9.59 Å². The van der Waals surface area contributed by atoms with E-state index in [1.807, 2.05) is 36.4 Å². The predicted octanol–water partition coefficient (Wildman–Crippen LogP) is 5.10. The van der Waals surface area contributed by atoms with Crippen LogP contribution in [-0.4, -0.2) is 36.4 Å². The summed E-state index contributed by atoms with van der Waals surface area (Å²) in [6.45, 7) is 0.232. The van der Waals surface area contributed by atoms with Gasteiger partial charge in [0.1, 0.15) is 18.4 Å². The molecule has 1 atom stereocenters. The van der Waals surface area contributed by atoms with E-state index in [9.17, 15) is 14.7 Å². The number of carboxylic acid groups (broad SMARTS) is 1. The number of alkyl carbamates (subject to hydrolysis) is 1. The summed E-state index contributed by atoms with van der Waals surface area (Å²) in [7, 11) is 0. The Kier molecular flexibility index (Phi) is 6.61. The van der Waals surface area contributed by atoms with Crippen LogP contribution < -0.4 is 10.1 Å². The standard InChI is InChI=1S/C25H22ClNO5/c26-16-9-11-17(12-10-16)31-14-13-23(24(28)29)27-25(30)32-15-22-20-7-3-1-5-18(20)19-6-2-4-8-21(19)22/h1-12,22-23H,13-15H2,(H,27,30)(H,28,29)/t23-/m0/s1. The van der Waals surface area contributed by atoms with Crippen molar-refractivity contribution in [1.82, 2.24) is 5.32 Å². The van der Waals surface area contributed by atoms with E-state index in [2.05, 4.69) is 17.4 Å². The van der Waals surface area contributed by atoms with Gasteiger partial charge in [-0.3, -0.25) is 0 Å². The lowest BCUT2D eigenvalue weighted by molar-refractivity contribution is -0.139. The van der Waals surface area contributed by atoms with E-state index in [1.165, 1.54) is 0 Å². The van der Waals surface area contributed by atoms with Crippen LogP contribution >= 0.6 is 11.6 Å². The lowest BCUT2D eigenvalue weighted by atomic mass is 9.98. The Morgan fingerprint density at radius 3 is 2.12 bits per heavy atom. The first-order chi connectivity index (χ1) is 15.5. The number of hydrogen-bond acceptors (Lipinski definition) is 4. The van der Waals surface area contributed by atoms with Crippen molar-refractivity contribution in [3.8, 4) is 16.9 Å². The zero-order valence-electron chi connectivity index (χ0n) is 17.2. The smallest absolute Gasteiger partial charge is 0.407 e. The SMILES string of the molecule is O=C(N[C@@H](CCOc1ccc(Cl)cc1)C(=O)O)OCC1c2ccccc2-c2ccccc21. The molecule has 0 radical (unpaired) electrons. The Morgan fingerprint density at radius 1 is 0.938 bits per heavy atom. The average molecular weight is 452 g/mol. The van der Waals surface area contributed by atoms with Crippen molar-refractivity contribution in [2.75, 3.05) is 13.2 Å². The second-order valence-corrected chi connectivity index (χ2v) is 7.89. The Labute approximate surface area is 190 Å². The van der Waals surface area contributed by atoms with Gasteiger partial charge in [-0.1, -0.05) is 60.1 Å². The van der Waals surface area contributed by atoms with Crippen molar-refractivity contribution in [3.05, 3.63) is 88.9 Å². The first kappa shape index (κ1) is 21.7. The van der Waals surface area contributed by atoms with Crippen LogP contribution in [0.25, 0.3) is 11.1 Å². The molecule has 0 heterocycles. The number of fused-ring (bicyclic) bond motifs is 3. The highest BCUT2D eigenvalue weighted by Crippen LogP contribution is 2.44. The largest absolute Gasteiger partial charge is 0.493 e. The molecule has 32 heavy (non-hydrogen) atoms. The minimum absolute atomic E-state index is 0.0855. The molecule has 0 fully saturated rings. The third kappa shape index (κ3) is 4.86. The van der Waals surface area contributed by atoms with E-state index >= 15 is 0 Å². The van der Waals surface area contributed by atoms with Crippen LogP contribution in [0.1, 0.15) is 23.5 Å². The van der Waals surface area contributed by atoms with Gasteiger partial charge in [-0.05, 0) is 46.5 Å². The van der Waals surface area contributed by atoms with Crippen LogP contribution in [0.2, 0.25) is 5.02 Å². The molecular weight excluding hydrogens is 430 g/mol. The number of hydrogen-bond donors (Lipinski definition) is 2. The molecule has 7 heteroatoms. The molecule has 0 bridgehead atoms. The fraction of sp³-hybridized carbons (Fsp3) is 0.200. The minimum Gasteiger partial charge on any atom is -0.493 e. The number of benzene rings is 3. The van der Waals surface area contributed by atoms with E-state index in [1.54, 1.807) is 24.3 Å². The topological polar surface area (TPSA) is 84.9 Å². The number of rotatable bonds is 8. The van der Waals surface area contributed by atoms with Gasteiger partial charge in [0.05, 0.1) is 6.61 Å². The molecule has 0 spiro atoms. The molecule has 0 saturated carbocycles. The van der Waals surface area contributed by atoms with Crippen LogP contribution in [-0.2, 0) is 9.53 Å². The highest BCUT2D eigenvalue weighted by atomic mass is 35.5. The third-order valence-corrected chi connectivity index (χ3v) is 5.67. The maximum atomic E-state index is 12.4. The predicted molar refractivity (Wildman–Crippen MR) is 121 cm³/mol. The van der Waals surface area contributed by atoms with Gasteiger partial charge in [0.15, 0.2) is 0 Å². The molecule has 1 aliphatic rings. The summed E-state index contributed by atoms with van der Waals surface area (Å²) >= 11 is 5.83. The molecular formula is C25H22ClNO5. The lowest BCUT2D eigenvalue weighted by Gasteiger charge is -2.17. The lowest BCUT2D eigenvalue weighted by Crippen LogP contribution is -2.42. The van der Waals surface area contributed by atoms with Gasteiger partial charge >= 0.3 is 12.1 Å². The van der Waals surface area contributed by atoms with Crippen molar-refractivity contribution < 1.29 is 24.2 Å². The number of ether oxygens (including phenoxy) is 2. The van der Waals surface area contributed by atoms with Crippen LogP contribution in [0.4, 0.5) is 4.79 Å². The number of nitrogens with one attached hydrogen (secondary N) is 1. The quantitative estimate of drug-likeness (QED) is 0.497. The minimum atomic E-state index is -1.15. The maximum absolute atomic E-state index is 12.4. The van der Waals surface area contributed by atoms with Crippen molar-refractivity contribution >= 4 is 23.7 Å². The molecule has 0 unspecified atom stereocenters. The summed E-state index contributed by atoms with van der Waals surface area (Å²) in [6.07, 6.45) is -0.687. The van der Waals surface area contributed by atoms with Crippen LogP contribution in [0.5, 0.6) is 5.75 Å². The molecule has 0 saturated heterocycles. The van der Waals surface area contributed by atoms with E-state index < -0.39 is 18.1 Å². The summed E-state index contributed by atoms with van der Waals surface area (Å²) in [5.41, 5.74) is 4.43. The number of carboxylic acids is 1. The maximum Gasteiger partial charge on any atom is 0.407 e. The molecule has 3 aromatic carbocycles. The number of amides is 1. The van der Waals surface area contributed by atoms with E-state index in [4.69, 9.17) is 21.1 Å². The molecule has 3 aromatic rings. The van der Waals surface area contributed by atoms with Gasteiger partial charge in [-0.2, -0.15) is 0 Å². The van der Waals surface area contributed by atoms with Crippen molar-refractivity contribution in [2.24, 2.45) is 0 Å². The van der Waals surface area contributed by atoms with Gasteiger partial charge in [0.2, 0.25) is 0 Å². The molecule has 1 aliphatic carbocycles. The van der Waals surface area contributed by atoms with Crippen molar-refractivity contribution in [2.45, 2.75) is 18.4 Å². The molecule has 4 rings (SSSR count). The number of carbonyl (C=O) groups is 2. The Balaban J connectivity index is 1.33. The summed E-state index contributed by atoms with van der Waals surface area (Å²) < 4.78 is 11.0. The molecule has 0 aliphatic heterocycles. The van der Waals surface area contributed by atoms with Crippen molar-refractivity contribution in [3.63, 3.8) is 0 Å². The van der Waals surface area contributed by atoms with Gasteiger partial charge in [-0.15, -0.1) is 0 Å². The highest BCUT2D eigenvalue weighted by Gasteiger charge is 2.29. The van der Waals surface area contributed by atoms with Gasteiger partial charge in [0, 0.05) is 17.4 Å². The van der Waals surface area contributed by atoms with Gasteiger partial charge in [0.25, 0.3) is 0 Å². The molecule has 6 nitrogen and oxygen atoms in total. The van der Waals surface area contributed by atoms with E-state index in [0.717, 1.165) is 22.3 Å². The average Bonchev–Trinajstić information content (AvgIpc) is 3.12. The summed E-state index contributed by atoms with van der Waals surface area (Å²) in [6, 6.07) is 21.6. The summed E-state index contributed by atoms with van der Waals surface area (Å²) in [5, 5.41) is 12.5. The third-order valence-electron chi connectivity index (χ3n) is 5.42. The first-order valence-corrected chi connectivity index (χ1v) is 10.6. The summed E-state index contributed by atoms with van der Waals surface area (Å²) in [5.74, 6) is -0.678. The first-order valence-electron chi connectivity index (χ1n) is 10.3. The molecule has 1 amide bonds. The molecule has 2 N–H and O–H groups in total. The number of aliphatic carboxylic acids is 1. The monoisotopic (exact) mass is 451 g/mol. The van der Waals surface area contributed by atoms with Crippen LogP contribution in [0, 0.1) is 0 Å². The van der Waals surface area contributed by atoms with Crippen LogP contribution in [0.15, 0.2) is 72.8 Å². The normalized spacial score (nSPS) is 13.0. The fourth-order valence-corrected chi connectivity index (χ4v) is 3.99. The zero-order chi connectivity index (χ0) is 22.5. The molecule has 164 valence electrons. The zero-order valence-corrected chi connectivity index (χ0v) is 17.9. The Hall–Kier alpha value is -3.51. The Morgan fingerprint density at radius 2 is 1.53 bits per heavy atom. The second kappa shape index (κ2) is 9.75. The van der Waals surface area contributed by atoms with Crippen molar-refractivity contribution in [1.29, 1.82) is 0 Å². The highest BCUT2D eigenvalue weighted by molar-refractivity contribution is 6.30. The number of halogens is 1. The second-order valence-electron chi connectivity index (χ2n) is 7.45. The summed E-state index contributed by atoms with van der Waals surface area (Å²) in [4.78, 5) is 23.9. The van der Waals surface area contributed by atoms with E-state index in [0.29, 0.717) is 10.8 Å². The molecule has 0 aromatic heterocycles. The van der Waals surface area contributed by atoms with Crippen LogP contribution in [0.3, 0.4) is 0 Å². The Bertz CT molecular complexity index is 1070. The van der Waals surface area contributed by atoms with E-state index in [-0.39, 0.29) is 25.6 Å². The number of carbonyl (C=O) groups excluding carboxylic acids is 1. The fourth-order valence-electron chi connectivity index (χ4n) is 3.87.